The minimum atomic E-state index is -0.449. The first-order chi connectivity index (χ1) is 12.1. The lowest BCUT2D eigenvalue weighted by Crippen LogP contribution is -2.47. The van der Waals surface area contributed by atoms with Crippen LogP contribution in [0, 0.1) is 5.92 Å². The van der Waals surface area contributed by atoms with Crippen LogP contribution < -0.4 is 11.1 Å². The number of hydrogen-bond donors (Lipinski definition) is 2. The first-order valence-electron chi connectivity index (χ1n) is 8.54. The number of amides is 3. The molecule has 3 amide bonds. The molecule has 1 atom stereocenters. The molecule has 1 aromatic carbocycles. The second-order valence-electron chi connectivity index (χ2n) is 6.28. The zero-order valence-electron chi connectivity index (χ0n) is 14.1. The third kappa shape index (κ3) is 4.37. The molecule has 3 N–H and O–H groups in total. The molecule has 1 fully saturated rings. The van der Waals surface area contributed by atoms with Crippen molar-refractivity contribution in [3.05, 3.63) is 48.3 Å². The number of likely N-dealkylation sites (tertiary alicyclic amines) is 1. The van der Waals surface area contributed by atoms with Crippen molar-refractivity contribution in [1.29, 1.82) is 0 Å². The quantitative estimate of drug-likeness (QED) is 0.859. The van der Waals surface area contributed by atoms with Crippen LogP contribution in [-0.4, -0.2) is 46.3 Å². The second-order valence-corrected chi connectivity index (χ2v) is 6.28. The van der Waals surface area contributed by atoms with Crippen molar-refractivity contribution in [1.82, 2.24) is 20.0 Å². The number of nitrogens with two attached hydrogens (primary N) is 1. The number of nitrogens with zero attached hydrogens (tertiary/aromatic N) is 3. The van der Waals surface area contributed by atoms with Crippen LogP contribution in [0.1, 0.15) is 18.4 Å². The van der Waals surface area contributed by atoms with E-state index >= 15 is 0 Å². The highest BCUT2D eigenvalue weighted by molar-refractivity contribution is 5.80. The molecular weight excluding hydrogens is 318 g/mol. The number of primary amides is 1. The Kier molecular flexibility index (Phi) is 5.33. The van der Waals surface area contributed by atoms with Gasteiger partial charge in [0.2, 0.25) is 5.91 Å². The highest BCUT2D eigenvalue weighted by atomic mass is 16.2. The Morgan fingerprint density at radius 2 is 2.08 bits per heavy atom. The van der Waals surface area contributed by atoms with Gasteiger partial charge in [-0.3, -0.25) is 4.79 Å². The Balaban J connectivity index is 1.46. The number of carbonyl (C=O) groups is 2. The molecule has 1 aliphatic rings. The topological polar surface area (TPSA) is 93.3 Å². The van der Waals surface area contributed by atoms with Crippen LogP contribution in [0.5, 0.6) is 0 Å². The summed E-state index contributed by atoms with van der Waals surface area (Å²) in [6, 6.07) is 9.53. The fraction of sp³-hybridized carbons (Fsp3) is 0.389. The SMILES string of the molecule is NC(=O)N1CCCC(C(=O)NCCc2ccc(-n3cccn3)cc2)C1. The van der Waals surface area contributed by atoms with Gasteiger partial charge in [0, 0.05) is 32.0 Å². The zero-order valence-corrected chi connectivity index (χ0v) is 14.1. The summed E-state index contributed by atoms with van der Waals surface area (Å²) in [6.45, 7) is 1.63. The largest absolute Gasteiger partial charge is 0.355 e. The maximum atomic E-state index is 12.3. The number of urea groups is 1. The van der Waals surface area contributed by atoms with Crippen molar-refractivity contribution in [3.8, 4) is 5.69 Å². The molecule has 25 heavy (non-hydrogen) atoms. The zero-order chi connectivity index (χ0) is 17.6. The van der Waals surface area contributed by atoms with E-state index in [1.165, 1.54) is 0 Å². The van der Waals surface area contributed by atoms with Gasteiger partial charge in [-0.1, -0.05) is 12.1 Å². The normalized spacial score (nSPS) is 17.3. The molecular formula is C18H23N5O2. The summed E-state index contributed by atoms with van der Waals surface area (Å²) in [7, 11) is 0. The average molecular weight is 341 g/mol. The number of piperidine rings is 1. The molecule has 2 heterocycles. The molecule has 1 aliphatic heterocycles. The summed E-state index contributed by atoms with van der Waals surface area (Å²) in [5.41, 5.74) is 7.46. The Bertz CT molecular complexity index is 712. The van der Waals surface area contributed by atoms with Gasteiger partial charge >= 0.3 is 6.03 Å². The van der Waals surface area contributed by atoms with Crippen LogP contribution in [0.15, 0.2) is 42.7 Å². The third-order valence-corrected chi connectivity index (χ3v) is 4.52. The van der Waals surface area contributed by atoms with Crippen LogP contribution in [0.3, 0.4) is 0 Å². The van der Waals surface area contributed by atoms with Gasteiger partial charge < -0.3 is 16.0 Å². The predicted molar refractivity (Wildman–Crippen MR) is 94.2 cm³/mol. The molecule has 1 saturated heterocycles. The molecule has 0 aliphatic carbocycles. The maximum Gasteiger partial charge on any atom is 0.314 e. The number of hydrogen-bond acceptors (Lipinski definition) is 3. The van der Waals surface area contributed by atoms with E-state index in [1.54, 1.807) is 15.8 Å². The van der Waals surface area contributed by atoms with Gasteiger partial charge in [-0.05, 0) is 43.0 Å². The molecule has 3 rings (SSSR count). The highest BCUT2D eigenvalue weighted by Crippen LogP contribution is 2.16. The number of aromatic nitrogens is 2. The molecule has 0 spiro atoms. The number of benzene rings is 1. The minimum Gasteiger partial charge on any atom is -0.355 e. The van der Waals surface area contributed by atoms with Gasteiger partial charge in [-0.15, -0.1) is 0 Å². The van der Waals surface area contributed by atoms with Crippen LogP contribution in [-0.2, 0) is 11.2 Å². The van der Waals surface area contributed by atoms with Gasteiger partial charge in [-0.25, -0.2) is 9.48 Å². The summed E-state index contributed by atoms with van der Waals surface area (Å²) in [4.78, 5) is 25.1. The van der Waals surface area contributed by atoms with Gasteiger partial charge in [-0.2, -0.15) is 5.10 Å². The maximum absolute atomic E-state index is 12.3. The molecule has 7 heteroatoms. The smallest absolute Gasteiger partial charge is 0.314 e. The molecule has 132 valence electrons. The van der Waals surface area contributed by atoms with Gasteiger partial charge in [0.1, 0.15) is 0 Å². The van der Waals surface area contributed by atoms with Crippen LogP contribution in [0.25, 0.3) is 5.69 Å². The summed E-state index contributed by atoms with van der Waals surface area (Å²) in [6.07, 6.45) is 6.02. The lowest BCUT2D eigenvalue weighted by Gasteiger charge is -2.30. The van der Waals surface area contributed by atoms with Crippen LogP contribution in [0.2, 0.25) is 0 Å². The Morgan fingerprint density at radius 1 is 1.28 bits per heavy atom. The van der Waals surface area contributed by atoms with E-state index in [1.807, 2.05) is 36.5 Å². The predicted octanol–water partition coefficient (Wildman–Crippen LogP) is 1.32. The Labute approximate surface area is 146 Å². The molecule has 0 saturated carbocycles. The van der Waals surface area contributed by atoms with E-state index in [9.17, 15) is 9.59 Å². The summed E-state index contributed by atoms with van der Waals surface area (Å²) in [5.74, 6) is -0.164. The monoisotopic (exact) mass is 341 g/mol. The van der Waals surface area contributed by atoms with E-state index in [-0.39, 0.29) is 11.8 Å². The first-order valence-corrected chi connectivity index (χ1v) is 8.54. The highest BCUT2D eigenvalue weighted by Gasteiger charge is 2.27. The Morgan fingerprint density at radius 3 is 2.76 bits per heavy atom. The molecule has 1 aromatic heterocycles. The molecule has 0 bridgehead atoms. The lowest BCUT2D eigenvalue weighted by atomic mass is 9.97. The third-order valence-electron chi connectivity index (χ3n) is 4.52. The Hall–Kier alpha value is -2.83. The summed E-state index contributed by atoms with van der Waals surface area (Å²) >= 11 is 0. The minimum absolute atomic E-state index is 0.000823. The average Bonchev–Trinajstić information content (AvgIpc) is 3.17. The van der Waals surface area contributed by atoms with Crippen LogP contribution >= 0.6 is 0 Å². The number of rotatable bonds is 5. The fourth-order valence-electron chi connectivity index (χ4n) is 3.10. The van der Waals surface area contributed by atoms with E-state index < -0.39 is 6.03 Å². The molecule has 7 nitrogen and oxygen atoms in total. The van der Waals surface area contributed by atoms with Crippen molar-refractivity contribution >= 4 is 11.9 Å². The van der Waals surface area contributed by atoms with Crippen molar-refractivity contribution in [2.45, 2.75) is 19.3 Å². The molecule has 1 unspecified atom stereocenters. The molecule has 2 aromatic rings. The van der Waals surface area contributed by atoms with Crippen molar-refractivity contribution in [2.24, 2.45) is 11.7 Å². The molecule has 0 radical (unpaired) electrons. The van der Waals surface area contributed by atoms with Gasteiger partial charge in [0.25, 0.3) is 0 Å². The summed E-state index contributed by atoms with van der Waals surface area (Å²) < 4.78 is 1.80. The van der Waals surface area contributed by atoms with Crippen molar-refractivity contribution in [2.75, 3.05) is 19.6 Å². The van der Waals surface area contributed by atoms with E-state index in [0.29, 0.717) is 19.6 Å². The van der Waals surface area contributed by atoms with Crippen molar-refractivity contribution in [3.63, 3.8) is 0 Å². The summed E-state index contributed by atoms with van der Waals surface area (Å²) in [5, 5.41) is 7.16. The number of nitrogens with one attached hydrogen (secondary N) is 1. The van der Waals surface area contributed by atoms with Gasteiger partial charge in [0.15, 0.2) is 0 Å². The van der Waals surface area contributed by atoms with Crippen LogP contribution in [0.4, 0.5) is 4.79 Å². The van der Waals surface area contributed by atoms with Gasteiger partial charge in [0.05, 0.1) is 11.6 Å². The standard InChI is InChI=1S/C18H23N5O2/c19-18(25)22-11-1-3-15(13-22)17(24)20-10-8-14-4-6-16(7-5-14)23-12-2-9-21-23/h2,4-7,9,12,15H,1,3,8,10-11,13H2,(H2,19,25)(H,20,24). The fourth-order valence-corrected chi connectivity index (χ4v) is 3.10. The lowest BCUT2D eigenvalue weighted by molar-refractivity contribution is -0.126. The first kappa shape index (κ1) is 17.0. The van der Waals surface area contributed by atoms with E-state index in [0.717, 1.165) is 30.5 Å². The number of carbonyl (C=O) groups excluding carboxylic acids is 2. The van der Waals surface area contributed by atoms with E-state index in [2.05, 4.69) is 10.4 Å². The van der Waals surface area contributed by atoms with E-state index in [4.69, 9.17) is 5.73 Å². The second kappa shape index (κ2) is 7.83. The van der Waals surface area contributed by atoms with Crippen molar-refractivity contribution < 1.29 is 9.59 Å².